The van der Waals surface area contributed by atoms with E-state index in [9.17, 15) is 0 Å². The molecule has 2 aromatic heterocycles. The molecule has 0 radical (unpaired) electrons. The zero-order chi connectivity index (χ0) is 48.5. The maximum atomic E-state index is 2.50. The van der Waals surface area contributed by atoms with E-state index in [-0.39, 0.29) is 0 Å². The van der Waals surface area contributed by atoms with Gasteiger partial charge in [0.05, 0.1) is 11.1 Å². The largest absolute Gasteiger partial charge is 0.310 e. The highest BCUT2D eigenvalue weighted by Gasteiger charge is 2.51. The quantitative estimate of drug-likeness (QED) is 0.160. The minimum Gasteiger partial charge on any atom is -0.310 e. The van der Waals surface area contributed by atoms with Gasteiger partial charge >= 0.3 is 0 Å². The van der Waals surface area contributed by atoms with E-state index in [0.717, 1.165) is 17.1 Å². The Morgan fingerprint density at radius 1 is 0.257 bits per heavy atom. The third kappa shape index (κ3) is 6.09. The van der Waals surface area contributed by atoms with Crippen molar-refractivity contribution in [1.82, 2.24) is 0 Å². The molecule has 16 rings (SSSR count). The van der Waals surface area contributed by atoms with E-state index in [1.54, 1.807) is 0 Å². The molecule has 0 aliphatic heterocycles. The molecule has 1 spiro atoms. The van der Waals surface area contributed by atoms with Gasteiger partial charge in [0, 0.05) is 57.1 Å². The molecule has 0 saturated heterocycles. The first-order chi connectivity index (χ1) is 36.7. The summed E-state index contributed by atoms with van der Waals surface area (Å²) < 4.78 is 5.27. The summed E-state index contributed by atoms with van der Waals surface area (Å²) in [6.45, 7) is 0. The van der Waals surface area contributed by atoms with Crippen LogP contribution in [0.25, 0.3) is 107 Å². The highest BCUT2D eigenvalue weighted by molar-refractivity contribution is 7.26. The fraction of sp³-hybridized carbons (Fsp3) is 0.0141. The van der Waals surface area contributed by atoms with Crippen LogP contribution in [0.4, 0.5) is 17.1 Å². The standard InChI is InChI=1S/C71H43NS2/c1-2-16-53-45(14-1)15-13-25-66(53)72(52-34-35-57-56-19-5-10-24-64(56)71(65(57)43-52)62-22-8-3-17-54(62)55-18-4-9-23-63(55)71)51-32-28-44(29-33-51)48-38-49(46-30-36-69-60(41-46)58-20-6-11-26-67(58)73-69)40-50(39-48)47-31-37-70-61(42-47)59-21-7-12-27-68(59)74-70/h1-43H. The van der Waals surface area contributed by atoms with Gasteiger partial charge in [-0.15, -0.1) is 22.7 Å². The van der Waals surface area contributed by atoms with Crippen LogP contribution < -0.4 is 4.90 Å². The average molecular weight is 974 g/mol. The van der Waals surface area contributed by atoms with Crippen molar-refractivity contribution >= 4 is 90.9 Å². The topological polar surface area (TPSA) is 3.24 Å². The van der Waals surface area contributed by atoms with Gasteiger partial charge in [-0.05, 0) is 168 Å². The van der Waals surface area contributed by atoms with Crippen LogP contribution in [0.2, 0.25) is 0 Å². The van der Waals surface area contributed by atoms with Crippen LogP contribution in [0.5, 0.6) is 0 Å². The number of fused-ring (bicyclic) bond motifs is 17. The molecule has 1 nitrogen and oxygen atoms in total. The second-order valence-electron chi connectivity index (χ2n) is 19.9. The molecule has 0 unspecified atom stereocenters. The molecular formula is C71H43NS2. The van der Waals surface area contributed by atoms with Gasteiger partial charge in [0.15, 0.2) is 0 Å². The summed E-state index contributed by atoms with van der Waals surface area (Å²) in [6.07, 6.45) is 0. The van der Waals surface area contributed by atoms with Crippen molar-refractivity contribution in [3.8, 4) is 55.6 Å². The summed E-state index contributed by atoms with van der Waals surface area (Å²) in [5, 5.41) is 7.66. The summed E-state index contributed by atoms with van der Waals surface area (Å²) in [6, 6.07) is 98.1. The molecule has 0 amide bonds. The normalized spacial score (nSPS) is 13.0. The predicted molar refractivity (Wildman–Crippen MR) is 317 cm³/mol. The van der Waals surface area contributed by atoms with Crippen molar-refractivity contribution in [2.75, 3.05) is 4.90 Å². The summed E-state index contributed by atoms with van der Waals surface area (Å²) in [7, 11) is 0. The molecule has 12 aromatic carbocycles. The number of anilines is 3. The molecule has 0 N–H and O–H groups in total. The van der Waals surface area contributed by atoms with Crippen molar-refractivity contribution in [2.45, 2.75) is 5.41 Å². The lowest BCUT2D eigenvalue weighted by atomic mass is 9.70. The van der Waals surface area contributed by atoms with E-state index in [2.05, 4.69) is 266 Å². The van der Waals surface area contributed by atoms with Crippen molar-refractivity contribution in [2.24, 2.45) is 0 Å². The number of nitrogens with zero attached hydrogens (tertiary/aromatic N) is 1. The molecule has 0 fully saturated rings. The summed E-state index contributed by atoms with van der Waals surface area (Å²) in [5.41, 5.74) is 20.7. The van der Waals surface area contributed by atoms with Crippen LogP contribution in [0, 0.1) is 0 Å². The number of benzene rings is 12. The van der Waals surface area contributed by atoms with Gasteiger partial charge in [-0.2, -0.15) is 0 Å². The minimum atomic E-state index is -0.450. The van der Waals surface area contributed by atoms with Crippen LogP contribution in [0.1, 0.15) is 22.3 Å². The average Bonchev–Trinajstić information content (AvgIpc) is 4.25. The summed E-state index contributed by atoms with van der Waals surface area (Å²) in [5.74, 6) is 0. The second kappa shape index (κ2) is 16.1. The zero-order valence-electron chi connectivity index (χ0n) is 40.1. The predicted octanol–water partition coefficient (Wildman–Crippen LogP) is 20.4. The van der Waals surface area contributed by atoms with Crippen molar-refractivity contribution in [3.63, 3.8) is 0 Å². The van der Waals surface area contributed by atoms with Crippen LogP contribution in [0.15, 0.2) is 261 Å². The lowest BCUT2D eigenvalue weighted by Crippen LogP contribution is -2.26. The van der Waals surface area contributed by atoms with Gasteiger partial charge in [-0.25, -0.2) is 0 Å². The van der Waals surface area contributed by atoms with Crippen molar-refractivity contribution in [3.05, 3.63) is 283 Å². The maximum absolute atomic E-state index is 2.50. The Morgan fingerprint density at radius 2 is 0.689 bits per heavy atom. The first-order valence-electron chi connectivity index (χ1n) is 25.5. The van der Waals surface area contributed by atoms with E-state index in [1.165, 1.54) is 129 Å². The smallest absolute Gasteiger partial charge is 0.0726 e. The lowest BCUT2D eigenvalue weighted by Gasteiger charge is -2.32. The number of hydrogen-bond donors (Lipinski definition) is 0. The van der Waals surface area contributed by atoms with E-state index in [4.69, 9.17) is 0 Å². The molecule has 344 valence electrons. The Morgan fingerprint density at radius 3 is 1.27 bits per heavy atom. The Labute approximate surface area is 437 Å². The molecular weight excluding hydrogens is 931 g/mol. The van der Waals surface area contributed by atoms with Gasteiger partial charge in [-0.3, -0.25) is 0 Å². The molecule has 14 aromatic rings. The SMILES string of the molecule is c1ccc2c(c1)-c1ccccc1C21c2ccccc2-c2ccc(N(c3ccc(-c4cc(-c5ccc6sc7ccccc7c6c5)cc(-c5ccc6sc7ccccc7c6c5)c4)cc3)c3cccc4ccccc34)cc21. The number of thiophene rings is 2. The molecule has 2 aliphatic rings. The lowest BCUT2D eigenvalue weighted by molar-refractivity contribution is 0.793. The van der Waals surface area contributed by atoms with Crippen LogP contribution in [-0.2, 0) is 5.41 Å². The first kappa shape index (κ1) is 41.7. The van der Waals surface area contributed by atoms with Gasteiger partial charge in [-0.1, -0.05) is 176 Å². The molecule has 0 bridgehead atoms. The molecule has 0 saturated carbocycles. The third-order valence-corrected chi connectivity index (χ3v) is 18.4. The molecule has 0 atom stereocenters. The fourth-order valence-electron chi connectivity index (χ4n) is 12.8. The maximum Gasteiger partial charge on any atom is 0.0726 e. The highest BCUT2D eigenvalue weighted by atomic mass is 32.1. The van der Waals surface area contributed by atoms with Crippen molar-refractivity contribution < 1.29 is 0 Å². The monoisotopic (exact) mass is 973 g/mol. The van der Waals surface area contributed by atoms with Crippen LogP contribution >= 0.6 is 22.7 Å². The molecule has 74 heavy (non-hydrogen) atoms. The van der Waals surface area contributed by atoms with E-state index in [1.807, 2.05) is 22.7 Å². The van der Waals surface area contributed by atoms with Crippen LogP contribution in [-0.4, -0.2) is 0 Å². The Bertz CT molecular complexity index is 4430. The Kier molecular flexibility index (Phi) is 9.06. The second-order valence-corrected chi connectivity index (χ2v) is 22.1. The molecule has 2 aliphatic carbocycles. The van der Waals surface area contributed by atoms with E-state index >= 15 is 0 Å². The van der Waals surface area contributed by atoms with E-state index in [0.29, 0.717) is 0 Å². The summed E-state index contributed by atoms with van der Waals surface area (Å²) >= 11 is 3.74. The third-order valence-electron chi connectivity index (χ3n) is 16.1. The fourth-order valence-corrected chi connectivity index (χ4v) is 15.0. The zero-order valence-corrected chi connectivity index (χ0v) is 41.7. The Balaban J connectivity index is 0.876. The first-order valence-corrected chi connectivity index (χ1v) is 27.1. The summed E-state index contributed by atoms with van der Waals surface area (Å²) in [4.78, 5) is 2.48. The van der Waals surface area contributed by atoms with Gasteiger partial charge in [0.2, 0.25) is 0 Å². The molecule has 2 heterocycles. The van der Waals surface area contributed by atoms with Gasteiger partial charge in [0.25, 0.3) is 0 Å². The van der Waals surface area contributed by atoms with Crippen molar-refractivity contribution in [1.29, 1.82) is 0 Å². The number of rotatable bonds is 6. The van der Waals surface area contributed by atoms with Crippen LogP contribution in [0.3, 0.4) is 0 Å². The van der Waals surface area contributed by atoms with E-state index < -0.39 is 5.41 Å². The Hall–Kier alpha value is -8.86. The van der Waals surface area contributed by atoms with Gasteiger partial charge in [0.1, 0.15) is 0 Å². The highest BCUT2D eigenvalue weighted by Crippen LogP contribution is 2.63. The molecule has 3 heteroatoms. The number of hydrogen-bond acceptors (Lipinski definition) is 3. The minimum absolute atomic E-state index is 0.450. The van der Waals surface area contributed by atoms with Gasteiger partial charge < -0.3 is 4.90 Å².